The normalized spacial score (nSPS) is 28.9. The van der Waals surface area contributed by atoms with Crippen LogP contribution >= 0.6 is 0 Å². The largest absolute Gasteiger partial charge is 0.393 e. The maximum atomic E-state index is 12.2. The van der Waals surface area contributed by atoms with Crippen molar-refractivity contribution < 1.29 is 9.90 Å². The van der Waals surface area contributed by atoms with Gasteiger partial charge in [0.15, 0.2) is 0 Å². The smallest absolute Gasteiger partial charge is 0.220 e. The SMILES string of the molecule is O=C(CC1CCc2ccccc21)NC1CCC(O)CC1. The van der Waals surface area contributed by atoms with Gasteiger partial charge in [0.25, 0.3) is 0 Å². The van der Waals surface area contributed by atoms with Gasteiger partial charge in [-0.15, -0.1) is 0 Å². The number of benzene rings is 1. The Morgan fingerprint density at radius 1 is 1.15 bits per heavy atom. The first-order valence-corrected chi connectivity index (χ1v) is 7.77. The van der Waals surface area contributed by atoms with Crippen molar-refractivity contribution in [2.24, 2.45) is 0 Å². The molecule has 1 unspecified atom stereocenters. The molecule has 1 amide bonds. The number of amides is 1. The monoisotopic (exact) mass is 273 g/mol. The highest BCUT2D eigenvalue weighted by Crippen LogP contribution is 2.35. The number of aliphatic hydroxyl groups is 1. The van der Waals surface area contributed by atoms with E-state index in [0.29, 0.717) is 12.3 Å². The van der Waals surface area contributed by atoms with Gasteiger partial charge < -0.3 is 10.4 Å². The fourth-order valence-corrected chi connectivity index (χ4v) is 3.59. The first kappa shape index (κ1) is 13.6. The number of hydrogen-bond acceptors (Lipinski definition) is 2. The van der Waals surface area contributed by atoms with Gasteiger partial charge >= 0.3 is 0 Å². The third-order valence-electron chi connectivity index (χ3n) is 4.75. The summed E-state index contributed by atoms with van der Waals surface area (Å²) in [5.74, 6) is 0.563. The maximum Gasteiger partial charge on any atom is 0.220 e. The van der Waals surface area contributed by atoms with Crippen LogP contribution in [0.15, 0.2) is 24.3 Å². The molecule has 20 heavy (non-hydrogen) atoms. The lowest BCUT2D eigenvalue weighted by Gasteiger charge is -2.26. The summed E-state index contributed by atoms with van der Waals surface area (Å²) < 4.78 is 0. The Bertz CT molecular complexity index is 478. The van der Waals surface area contributed by atoms with Crippen LogP contribution in [0.3, 0.4) is 0 Å². The quantitative estimate of drug-likeness (QED) is 0.889. The zero-order valence-corrected chi connectivity index (χ0v) is 11.8. The Kier molecular flexibility index (Phi) is 4.06. The number of hydrogen-bond donors (Lipinski definition) is 2. The molecule has 0 radical (unpaired) electrons. The highest BCUT2D eigenvalue weighted by atomic mass is 16.3. The fraction of sp³-hybridized carbons (Fsp3) is 0.588. The van der Waals surface area contributed by atoms with Crippen molar-refractivity contribution in [3.63, 3.8) is 0 Å². The summed E-state index contributed by atoms with van der Waals surface area (Å²) in [5.41, 5.74) is 2.77. The van der Waals surface area contributed by atoms with E-state index in [2.05, 4.69) is 29.6 Å². The molecule has 2 aliphatic carbocycles. The molecule has 0 aromatic heterocycles. The van der Waals surface area contributed by atoms with Crippen molar-refractivity contribution in [1.82, 2.24) is 5.32 Å². The van der Waals surface area contributed by atoms with Crippen molar-refractivity contribution in [1.29, 1.82) is 0 Å². The van der Waals surface area contributed by atoms with E-state index >= 15 is 0 Å². The molecule has 0 bridgehead atoms. The van der Waals surface area contributed by atoms with E-state index in [9.17, 15) is 9.90 Å². The lowest BCUT2D eigenvalue weighted by Crippen LogP contribution is -2.38. The van der Waals surface area contributed by atoms with Gasteiger partial charge in [-0.05, 0) is 55.6 Å². The summed E-state index contributed by atoms with van der Waals surface area (Å²) in [6.45, 7) is 0. The minimum absolute atomic E-state index is 0.162. The number of carbonyl (C=O) groups is 1. The third kappa shape index (κ3) is 3.04. The molecule has 0 heterocycles. The van der Waals surface area contributed by atoms with Crippen LogP contribution in [0.1, 0.15) is 55.6 Å². The van der Waals surface area contributed by atoms with E-state index in [4.69, 9.17) is 0 Å². The van der Waals surface area contributed by atoms with E-state index in [1.807, 2.05) is 0 Å². The van der Waals surface area contributed by atoms with E-state index < -0.39 is 0 Å². The van der Waals surface area contributed by atoms with Crippen LogP contribution in [0.2, 0.25) is 0 Å². The van der Waals surface area contributed by atoms with Gasteiger partial charge in [-0.3, -0.25) is 4.79 Å². The molecular weight excluding hydrogens is 250 g/mol. The molecule has 2 aliphatic rings. The van der Waals surface area contributed by atoms with Gasteiger partial charge in [-0.1, -0.05) is 24.3 Å². The molecule has 1 aromatic rings. The van der Waals surface area contributed by atoms with Gasteiger partial charge in [0.2, 0.25) is 5.91 Å². The average Bonchev–Trinajstić information content (AvgIpc) is 2.85. The average molecular weight is 273 g/mol. The van der Waals surface area contributed by atoms with Crippen molar-refractivity contribution >= 4 is 5.91 Å². The zero-order chi connectivity index (χ0) is 13.9. The molecule has 3 heteroatoms. The van der Waals surface area contributed by atoms with Crippen LogP contribution < -0.4 is 5.32 Å². The molecule has 1 atom stereocenters. The molecule has 3 rings (SSSR count). The topological polar surface area (TPSA) is 49.3 Å². The summed E-state index contributed by atoms with van der Waals surface area (Å²) in [5, 5.41) is 12.6. The Morgan fingerprint density at radius 2 is 1.90 bits per heavy atom. The van der Waals surface area contributed by atoms with Crippen molar-refractivity contribution in [3.05, 3.63) is 35.4 Å². The first-order chi connectivity index (χ1) is 9.72. The van der Waals surface area contributed by atoms with Crippen molar-refractivity contribution in [2.75, 3.05) is 0 Å². The molecule has 0 spiro atoms. The van der Waals surface area contributed by atoms with Gasteiger partial charge in [-0.2, -0.15) is 0 Å². The number of carbonyl (C=O) groups excluding carboxylic acids is 1. The predicted octanol–water partition coefficient (Wildman–Crippen LogP) is 2.53. The molecule has 108 valence electrons. The lowest BCUT2D eigenvalue weighted by molar-refractivity contribution is -0.122. The van der Waals surface area contributed by atoms with E-state index in [1.54, 1.807) is 0 Å². The second-order valence-corrected chi connectivity index (χ2v) is 6.21. The second kappa shape index (κ2) is 5.96. The standard InChI is InChI=1S/C17H23NO2/c19-15-9-7-14(8-10-15)18-17(20)11-13-6-5-12-3-1-2-4-16(12)13/h1-4,13-15,19H,5-11H2,(H,18,20). The van der Waals surface area contributed by atoms with Gasteiger partial charge in [0.05, 0.1) is 6.10 Å². The molecule has 1 aromatic carbocycles. The number of rotatable bonds is 3. The van der Waals surface area contributed by atoms with Crippen LogP contribution in [0.25, 0.3) is 0 Å². The van der Waals surface area contributed by atoms with Crippen LogP contribution in [0, 0.1) is 0 Å². The molecule has 0 saturated heterocycles. The Balaban J connectivity index is 1.53. The second-order valence-electron chi connectivity index (χ2n) is 6.21. The third-order valence-corrected chi connectivity index (χ3v) is 4.75. The minimum Gasteiger partial charge on any atom is -0.393 e. The highest BCUT2D eigenvalue weighted by Gasteiger charge is 2.26. The minimum atomic E-state index is -0.162. The Morgan fingerprint density at radius 3 is 2.70 bits per heavy atom. The molecular formula is C17H23NO2. The van der Waals surface area contributed by atoms with Gasteiger partial charge in [0, 0.05) is 12.5 Å². The Labute approximate surface area is 120 Å². The van der Waals surface area contributed by atoms with E-state index in [1.165, 1.54) is 11.1 Å². The molecule has 1 saturated carbocycles. The zero-order valence-electron chi connectivity index (χ0n) is 11.8. The summed E-state index contributed by atoms with van der Waals surface area (Å²) >= 11 is 0. The summed E-state index contributed by atoms with van der Waals surface area (Å²) in [6, 6.07) is 8.75. The van der Waals surface area contributed by atoms with Crippen LogP contribution in [-0.2, 0) is 11.2 Å². The fourth-order valence-electron chi connectivity index (χ4n) is 3.59. The number of aliphatic hydroxyl groups excluding tert-OH is 1. The maximum absolute atomic E-state index is 12.2. The van der Waals surface area contributed by atoms with E-state index in [0.717, 1.165) is 38.5 Å². The van der Waals surface area contributed by atoms with Gasteiger partial charge in [-0.25, -0.2) is 0 Å². The predicted molar refractivity (Wildman–Crippen MR) is 78.5 cm³/mol. The summed E-state index contributed by atoms with van der Waals surface area (Å²) in [4.78, 5) is 12.2. The van der Waals surface area contributed by atoms with Crippen LogP contribution in [0.4, 0.5) is 0 Å². The van der Waals surface area contributed by atoms with E-state index in [-0.39, 0.29) is 18.1 Å². The highest BCUT2D eigenvalue weighted by molar-refractivity contribution is 5.77. The van der Waals surface area contributed by atoms with Crippen molar-refractivity contribution in [3.8, 4) is 0 Å². The number of nitrogens with one attached hydrogen (secondary N) is 1. The van der Waals surface area contributed by atoms with Crippen LogP contribution in [-0.4, -0.2) is 23.2 Å². The summed E-state index contributed by atoms with van der Waals surface area (Å²) in [7, 11) is 0. The molecule has 2 N–H and O–H groups in total. The lowest BCUT2D eigenvalue weighted by atomic mass is 9.92. The molecule has 0 aliphatic heterocycles. The number of aryl methyl sites for hydroxylation is 1. The van der Waals surface area contributed by atoms with Crippen molar-refractivity contribution in [2.45, 2.75) is 63.0 Å². The summed E-state index contributed by atoms with van der Waals surface area (Å²) in [6.07, 6.45) is 6.09. The van der Waals surface area contributed by atoms with Gasteiger partial charge in [0.1, 0.15) is 0 Å². The van der Waals surface area contributed by atoms with Crippen LogP contribution in [0.5, 0.6) is 0 Å². The number of fused-ring (bicyclic) bond motifs is 1. The molecule has 3 nitrogen and oxygen atoms in total. The molecule has 1 fully saturated rings. The first-order valence-electron chi connectivity index (χ1n) is 7.77. The Hall–Kier alpha value is -1.35.